The summed E-state index contributed by atoms with van der Waals surface area (Å²) in [6.45, 7) is 5.42. The molecule has 0 spiro atoms. The molecule has 0 aliphatic heterocycles. The van der Waals surface area contributed by atoms with Crippen molar-refractivity contribution in [1.82, 2.24) is 4.90 Å². The van der Waals surface area contributed by atoms with E-state index in [9.17, 15) is 0 Å². The van der Waals surface area contributed by atoms with Crippen molar-refractivity contribution in [3.05, 3.63) is 0 Å². The minimum absolute atomic E-state index is 0.206. The maximum Gasteiger partial charge on any atom is 0.161 e. The Morgan fingerprint density at radius 3 is 2.45 bits per heavy atom. The molecule has 0 aliphatic rings. The molecule has 0 N–H and O–H groups in total. The van der Waals surface area contributed by atoms with Crippen molar-refractivity contribution in [1.29, 1.82) is 0 Å². The maximum absolute atomic E-state index is 5.54. The zero-order valence-corrected chi connectivity index (χ0v) is 9.68. The molecule has 0 aromatic carbocycles. The largest absolute Gasteiger partial charge is 0.422 e. The van der Waals surface area contributed by atoms with E-state index in [1.165, 1.54) is 19.0 Å². The Morgan fingerprint density at radius 2 is 2.00 bits per heavy atom. The van der Waals surface area contributed by atoms with Crippen molar-refractivity contribution < 1.29 is 4.43 Å². The van der Waals surface area contributed by atoms with Gasteiger partial charge in [-0.2, -0.15) is 0 Å². The van der Waals surface area contributed by atoms with Crippen LogP contribution < -0.4 is 0 Å². The third-order valence-corrected chi connectivity index (χ3v) is 3.14. The minimum atomic E-state index is -0.206. The van der Waals surface area contributed by atoms with Gasteiger partial charge in [0.2, 0.25) is 0 Å². The van der Waals surface area contributed by atoms with Crippen LogP contribution in [0.3, 0.4) is 0 Å². The van der Waals surface area contributed by atoms with Gasteiger partial charge in [0.1, 0.15) is 0 Å². The van der Waals surface area contributed by atoms with Gasteiger partial charge in [-0.3, -0.25) is 0 Å². The summed E-state index contributed by atoms with van der Waals surface area (Å²) in [4.78, 5) is 2.23. The molecule has 0 saturated carbocycles. The lowest BCUT2D eigenvalue weighted by Gasteiger charge is -2.09. The molecule has 0 saturated heterocycles. The van der Waals surface area contributed by atoms with Gasteiger partial charge < -0.3 is 9.33 Å². The smallest absolute Gasteiger partial charge is 0.161 e. The van der Waals surface area contributed by atoms with Crippen molar-refractivity contribution in [3.63, 3.8) is 0 Å². The Labute approximate surface area is 72.9 Å². The van der Waals surface area contributed by atoms with E-state index < -0.39 is 0 Å². The summed E-state index contributed by atoms with van der Waals surface area (Å²) in [5.74, 6) is 0. The third kappa shape index (κ3) is 10.1. The first-order valence-electron chi connectivity index (χ1n) is 4.39. The standard InChI is InChI=1S/C8H21NOSi/c1-8(2)10-11-7-5-6-9(3)4/h8H,5-7,11H2,1-4H3. The van der Waals surface area contributed by atoms with Gasteiger partial charge in [0.15, 0.2) is 9.76 Å². The number of nitrogens with zero attached hydrogens (tertiary/aromatic N) is 1. The average molecular weight is 175 g/mol. The van der Waals surface area contributed by atoms with Gasteiger partial charge in [-0.1, -0.05) is 0 Å². The van der Waals surface area contributed by atoms with Crippen molar-refractivity contribution in [2.24, 2.45) is 0 Å². The van der Waals surface area contributed by atoms with E-state index in [1.807, 2.05) is 0 Å². The molecule has 11 heavy (non-hydrogen) atoms. The minimum Gasteiger partial charge on any atom is -0.422 e. The van der Waals surface area contributed by atoms with Crippen LogP contribution in [-0.4, -0.2) is 41.4 Å². The van der Waals surface area contributed by atoms with Gasteiger partial charge in [-0.15, -0.1) is 0 Å². The monoisotopic (exact) mass is 175 g/mol. The summed E-state index contributed by atoms with van der Waals surface area (Å²) in [5, 5.41) is 0. The Kier molecular flexibility index (Phi) is 6.91. The average Bonchev–Trinajstić information content (AvgIpc) is 1.85. The highest BCUT2D eigenvalue weighted by Gasteiger charge is 1.94. The number of hydrogen-bond donors (Lipinski definition) is 0. The van der Waals surface area contributed by atoms with Gasteiger partial charge in [-0.25, -0.2) is 0 Å². The molecule has 0 bridgehead atoms. The van der Waals surface area contributed by atoms with E-state index in [2.05, 4.69) is 32.8 Å². The van der Waals surface area contributed by atoms with Crippen LogP contribution in [0.1, 0.15) is 20.3 Å². The summed E-state index contributed by atoms with van der Waals surface area (Å²) in [6, 6.07) is 1.32. The van der Waals surface area contributed by atoms with Crippen molar-refractivity contribution in [2.45, 2.75) is 32.4 Å². The first-order chi connectivity index (χ1) is 5.13. The molecule has 0 aromatic rings. The Morgan fingerprint density at radius 1 is 1.36 bits per heavy atom. The van der Waals surface area contributed by atoms with Crippen LogP contribution in [0.5, 0.6) is 0 Å². The molecular weight excluding hydrogens is 154 g/mol. The van der Waals surface area contributed by atoms with Gasteiger partial charge in [-0.05, 0) is 47.0 Å². The van der Waals surface area contributed by atoms with Gasteiger partial charge >= 0.3 is 0 Å². The second kappa shape index (κ2) is 6.82. The Bertz CT molecular complexity index is 76.2. The number of hydrogen-bond acceptors (Lipinski definition) is 2. The van der Waals surface area contributed by atoms with Crippen molar-refractivity contribution >= 4 is 9.76 Å². The zero-order chi connectivity index (χ0) is 8.69. The van der Waals surface area contributed by atoms with Crippen LogP contribution in [0.15, 0.2) is 0 Å². The molecule has 0 aromatic heterocycles. The molecule has 0 heterocycles. The van der Waals surface area contributed by atoms with Crippen molar-refractivity contribution in [2.75, 3.05) is 20.6 Å². The highest BCUT2D eigenvalue weighted by Crippen LogP contribution is 1.93. The van der Waals surface area contributed by atoms with Gasteiger partial charge in [0.25, 0.3) is 0 Å². The third-order valence-electron chi connectivity index (χ3n) is 1.45. The van der Waals surface area contributed by atoms with Gasteiger partial charge in [0.05, 0.1) is 0 Å². The molecule has 2 nitrogen and oxygen atoms in total. The predicted octanol–water partition coefficient (Wildman–Crippen LogP) is 0.865. The molecule has 0 atom stereocenters. The molecule has 0 aliphatic carbocycles. The summed E-state index contributed by atoms with van der Waals surface area (Å²) >= 11 is 0. The molecule has 0 unspecified atom stereocenters. The maximum atomic E-state index is 5.54. The fourth-order valence-electron chi connectivity index (χ4n) is 0.849. The van der Waals surface area contributed by atoms with Crippen LogP contribution in [0.4, 0.5) is 0 Å². The van der Waals surface area contributed by atoms with Crippen LogP contribution >= 0.6 is 0 Å². The fraction of sp³-hybridized carbons (Fsp3) is 1.00. The van der Waals surface area contributed by atoms with Gasteiger partial charge in [0, 0.05) is 6.10 Å². The van der Waals surface area contributed by atoms with Crippen LogP contribution in [0.2, 0.25) is 6.04 Å². The lowest BCUT2D eigenvalue weighted by molar-refractivity contribution is 0.254. The van der Waals surface area contributed by atoms with Crippen LogP contribution in [0, 0.1) is 0 Å². The first kappa shape index (κ1) is 11.1. The van der Waals surface area contributed by atoms with E-state index in [0.717, 1.165) is 0 Å². The van der Waals surface area contributed by atoms with E-state index in [4.69, 9.17) is 4.43 Å². The molecule has 0 radical (unpaired) electrons. The Balaban J connectivity index is 2.91. The Hall–Kier alpha value is 0.137. The second-order valence-electron chi connectivity index (χ2n) is 3.43. The van der Waals surface area contributed by atoms with Crippen LogP contribution in [0.25, 0.3) is 0 Å². The van der Waals surface area contributed by atoms with Crippen molar-refractivity contribution in [3.8, 4) is 0 Å². The molecule has 3 heteroatoms. The first-order valence-corrected chi connectivity index (χ1v) is 5.97. The molecular formula is C8H21NOSi. The topological polar surface area (TPSA) is 12.5 Å². The predicted molar refractivity (Wildman–Crippen MR) is 52.7 cm³/mol. The molecule has 0 rings (SSSR count). The number of rotatable bonds is 6. The summed E-state index contributed by atoms with van der Waals surface area (Å²) in [5.41, 5.74) is 0. The highest BCUT2D eigenvalue weighted by atomic mass is 28.2. The normalized spacial score (nSPS) is 12.5. The quantitative estimate of drug-likeness (QED) is 0.439. The lowest BCUT2D eigenvalue weighted by Crippen LogP contribution is -2.14. The molecule has 0 fully saturated rings. The van der Waals surface area contributed by atoms with E-state index >= 15 is 0 Å². The van der Waals surface area contributed by atoms with E-state index in [1.54, 1.807) is 0 Å². The highest BCUT2D eigenvalue weighted by molar-refractivity contribution is 6.27. The molecule has 0 amide bonds. The lowest BCUT2D eigenvalue weighted by atomic mass is 10.5. The van der Waals surface area contributed by atoms with Crippen LogP contribution in [-0.2, 0) is 4.43 Å². The van der Waals surface area contributed by atoms with E-state index in [-0.39, 0.29) is 9.76 Å². The summed E-state index contributed by atoms with van der Waals surface area (Å²) < 4.78 is 5.54. The fourth-order valence-corrected chi connectivity index (χ4v) is 1.91. The molecule has 68 valence electrons. The van der Waals surface area contributed by atoms with E-state index in [0.29, 0.717) is 6.10 Å². The SMILES string of the molecule is CC(C)O[SiH2]CCCN(C)C. The second-order valence-corrected chi connectivity index (χ2v) is 4.88. The zero-order valence-electron chi connectivity index (χ0n) is 8.26. The summed E-state index contributed by atoms with van der Waals surface area (Å²) in [7, 11) is 4.03. The summed E-state index contributed by atoms with van der Waals surface area (Å²) in [6.07, 6.45) is 1.74.